The third kappa shape index (κ3) is 58.1. The van der Waals surface area contributed by atoms with Gasteiger partial charge in [0.25, 0.3) is 0 Å². The highest BCUT2D eigenvalue weighted by molar-refractivity contribution is 5.71. The first-order valence-corrected chi connectivity index (χ1v) is 31.1. The first-order valence-electron chi connectivity index (χ1n) is 31.1. The fourth-order valence-corrected chi connectivity index (χ4v) is 9.09. The fourth-order valence-electron chi connectivity index (χ4n) is 9.09. The third-order valence-electron chi connectivity index (χ3n) is 13.8. The summed E-state index contributed by atoms with van der Waals surface area (Å²) in [7, 11) is 0. The van der Waals surface area contributed by atoms with E-state index in [2.05, 4.69) is 69.4 Å². The third-order valence-corrected chi connectivity index (χ3v) is 13.8. The minimum absolute atomic E-state index is 0.0802. The van der Waals surface area contributed by atoms with Gasteiger partial charge in [-0.25, -0.2) is 0 Å². The summed E-state index contributed by atoms with van der Waals surface area (Å²) in [6.07, 6.45) is 74.0. The van der Waals surface area contributed by atoms with Gasteiger partial charge in [0, 0.05) is 19.3 Å². The van der Waals surface area contributed by atoms with Crippen LogP contribution in [0.5, 0.6) is 0 Å². The number of carbonyl (C=O) groups is 3. The summed E-state index contributed by atoms with van der Waals surface area (Å²) >= 11 is 0. The van der Waals surface area contributed by atoms with E-state index >= 15 is 0 Å². The van der Waals surface area contributed by atoms with Gasteiger partial charge in [-0.1, -0.05) is 275 Å². The van der Waals surface area contributed by atoms with Gasteiger partial charge in [-0.15, -0.1) is 0 Å². The van der Waals surface area contributed by atoms with Gasteiger partial charge in [0.15, 0.2) is 6.10 Å². The van der Waals surface area contributed by atoms with Gasteiger partial charge < -0.3 is 14.2 Å². The van der Waals surface area contributed by atoms with E-state index in [-0.39, 0.29) is 31.1 Å². The van der Waals surface area contributed by atoms with Crippen LogP contribution in [0.1, 0.15) is 329 Å². The van der Waals surface area contributed by atoms with Gasteiger partial charge in [-0.05, 0) is 83.5 Å². The summed E-state index contributed by atoms with van der Waals surface area (Å²) < 4.78 is 16.9. The van der Waals surface area contributed by atoms with Gasteiger partial charge in [0.2, 0.25) is 0 Å². The zero-order valence-electron chi connectivity index (χ0n) is 47.5. The molecule has 414 valence electrons. The van der Waals surface area contributed by atoms with E-state index < -0.39 is 6.10 Å². The highest BCUT2D eigenvalue weighted by Crippen LogP contribution is 2.17. The molecule has 0 spiro atoms. The van der Waals surface area contributed by atoms with Crippen molar-refractivity contribution in [2.24, 2.45) is 0 Å². The molecule has 0 aromatic heterocycles. The molecular formula is C65H118O6. The van der Waals surface area contributed by atoms with Crippen LogP contribution in [0.3, 0.4) is 0 Å². The van der Waals surface area contributed by atoms with E-state index in [1.165, 1.54) is 186 Å². The minimum Gasteiger partial charge on any atom is -0.462 e. The van der Waals surface area contributed by atoms with Crippen molar-refractivity contribution >= 4 is 17.9 Å². The molecule has 0 N–H and O–H groups in total. The molecule has 0 aliphatic carbocycles. The van der Waals surface area contributed by atoms with Crippen molar-refractivity contribution in [1.82, 2.24) is 0 Å². The molecule has 0 saturated carbocycles. The summed E-state index contributed by atoms with van der Waals surface area (Å²) in [5, 5.41) is 0. The molecule has 0 amide bonds. The molecule has 0 rings (SSSR count). The maximum absolute atomic E-state index is 12.9. The van der Waals surface area contributed by atoms with Crippen LogP contribution < -0.4 is 0 Å². The zero-order chi connectivity index (χ0) is 51.4. The van der Waals surface area contributed by atoms with Crippen molar-refractivity contribution in [3.8, 4) is 0 Å². The second-order valence-corrected chi connectivity index (χ2v) is 21.0. The molecule has 0 fully saturated rings. The Morgan fingerprint density at radius 2 is 0.507 bits per heavy atom. The first-order chi connectivity index (χ1) is 35.0. The van der Waals surface area contributed by atoms with Crippen molar-refractivity contribution in [3.05, 3.63) is 48.6 Å². The van der Waals surface area contributed by atoms with E-state index in [1.54, 1.807) is 0 Å². The lowest BCUT2D eigenvalue weighted by molar-refractivity contribution is -0.167. The second-order valence-electron chi connectivity index (χ2n) is 21.0. The normalized spacial score (nSPS) is 12.3. The van der Waals surface area contributed by atoms with Crippen LogP contribution in [0.15, 0.2) is 48.6 Å². The predicted octanol–water partition coefficient (Wildman–Crippen LogP) is 21.0. The van der Waals surface area contributed by atoms with Crippen molar-refractivity contribution in [3.63, 3.8) is 0 Å². The van der Waals surface area contributed by atoms with Gasteiger partial charge in [0.1, 0.15) is 13.2 Å². The van der Waals surface area contributed by atoms with Gasteiger partial charge in [-0.3, -0.25) is 14.4 Å². The van der Waals surface area contributed by atoms with Gasteiger partial charge in [0.05, 0.1) is 0 Å². The number of hydrogen-bond donors (Lipinski definition) is 0. The van der Waals surface area contributed by atoms with Crippen molar-refractivity contribution in [1.29, 1.82) is 0 Å². The Kier molecular flexibility index (Phi) is 57.7. The molecule has 0 saturated heterocycles. The van der Waals surface area contributed by atoms with Crippen LogP contribution in [0, 0.1) is 0 Å². The van der Waals surface area contributed by atoms with Gasteiger partial charge >= 0.3 is 17.9 Å². The summed E-state index contributed by atoms with van der Waals surface area (Å²) in [5.41, 5.74) is 0. The SMILES string of the molecule is CCCCC/C=C\C/C=C\CCCCCCCC(=O)OCC(COC(=O)CCCCCCCCCCCCCCCCCCCCCCCC)OC(=O)CCCCCCC/C=C\C/C=C\CCCCCC. The summed E-state index contributed by atoms with van der Waals surface area (Å²) in [6, 6.07) is 0. The van der Waals surface area contributed by atoms with Crippen LogP contribution in [0.25, 0.3) is 0 Å². The molecule has 0 aromatic rings. The lowest BCUT2D eigenvalue weighted by atomic mass is 10.0. The van der Waals surface area contributed by atoms with Crippen molar-refractivity contribution in [2.45, 2.75) is 335 Å². The average Bonchev–Trinajstić information content (AvgIpc) is 3.37. The van der Waals surface area contributed by atoms with Gasteiger partial charge in [-0.2, -0.15) is 0 Å². The molecule has 0 heterocycles. The predicted molar refractivity (Wildman–Crippen MR) is 307 cm³/mol. The molecule has 0 bridgehead atoms. The number of rotatable bonds is 57. The summed E-state index contributed by atoms with van der Waals surface area (Å²) in [5.74, 6) is -0.890. The molecular weight excluding hydrogens is 877 g/mol. The lowest BCUT2D eigenvalue weighted by Crippen LogP contribution is -2.30. The van der Waals surface area contributed by atoms with E-state index in [9.17, 15) is 14.4 Å². The Hall–Kier alpha value is -2.63. The van der Waals surface area contributed by atoms with E-state index in [4.69, 9.17) is 14.2 Å². The number of esters is 3. The van der Waals surface area contributed by atoms with Crippen LogP contribution in [0.2, 0.25) is 0 Å². The largest absolute Gasteiger partial charge is 0.462 e. The first kappa shape index (κ1) is 68.4. The number of unbranched alkanes of at least 4 members (excludes halogenated alkanes) is 38. The van der Waals surface area contributed by atoms with E-state index in [1.807, 2.05) is 0 Å². The number of allylic oxidation sites excluding steroid dienone is 8. The quantitative estimate of drug-likeness (QED) is 0.0261. The molecule has 0 aliphatic heterocycles. The molecule has 6 nitrogen and oxygen atoms in total. The Bertz CT molecular complexity index is 1230. The molecule has 0 radical (unpaired) electrons. The molecule has 1 unspecified atom stereocenters. The van der Waals surface area contributed by atoms with Crippen LogP contribution in [0.4, 0.5) is 0 Å². The van der Waals surface area contributed by atoms with E-state index in [0.29, 0.717) is 19.3 Å². The molecule has 6 heteroatoms. The molecule has 71 heavy (non-hydrogen) atoms. The molecule has 0 aliphatic rings. The zero-order valence-corrected chi connectivity index (χ0v) is 47.5. The van der Waals surface area contributed by atoms with E-state index in [0.717, 1.165) is 103 Å². The van der Waals surface area contributed by atoms with Crippen molar-refractivity contribution < 1.29 is 28.6 Å². The van der Waals surface area contributed by atoms with Crippen LogP contribution >= 0.6 is 0 Å². The highest BCUT2D eigenvalue weighted by atomic mass is 16.6. The number of hydrogen-bond acceptors (Lipinski definition) is 6. The Balaban J connectivity index is 4.33. The maximum Gasteiger partial charge on any atom is 0.306 e. The van der Waals surface area contributed by atoms with Crippen LogP contribution in [-0.2, 0) is 28.6 Å². The summed E-state index contributed by atoms with van der Waals surface area (Å²) in [6.45, 7) is 6.62. The summed E-state index contributed by atoms with van der Waals surface area (Å²) in [4.78, 5) is 38.2. The molecule has 1 atom stereocenters. The minimum atomic E-state index is -0.785. The molecule has 0 aromatic carbocycles. The topological polar surface area (TPSA) is 78.9 Å². The Morgan fingerprint density at radius 3 is 0.817 bits per heavy atom. The Labute approximate surface area is 441 Å². The number of carbonyl (C=O) groups excluding carboxylic acids is 3. The standard InChI is InChI=1S/C65H118O6/c1-4-7-10-13-16-19-22-25-28-30-31-32-33-34-35-38-40-43-46-49-52-55-58-64(67)70-61-62(60-69-63(66)57-54-51-48-45-42-39-36-27-24-21-18-15-12-9-6-3)71-65(68)59-56-53-50-47-44-41-37-29-26-23-20-17-14-11-8-5-2/h18,20-21,23,27,29,36-37,62H,4-17,19,22,24-26,28,30-35,38-61H2,1-3H3/b21-18-,23-20-,36-27-,37-29-. The average molecular weight is 996 g/mol. The highest BCUT2D eigenvalue weighted by Gasteiger charge is 2.19. The maximum atomic E-state index is 12.9. The second kappa shape index (κ2) is 59.9. The smallest absolute Gasteiger partial charge is 0.306 e. The van der Waals surface area contributed by atoms with Crippen LogP contribution in [-0.4, -0.2) is 37.2 Å². The monoisotopic (exact) mass is 995 g/mol. The van der Waals surface area contributed by atoms with Crippen molar-refractivity contribution in [2.75, 3.05) is 13.2 Å². The fraction of sp³-hybridized carbons (Fsp3) is 0.831. The lowest BCUT2D eigenvalue weighted by Gasteiger charge is -2.18. The Morgan fingerprint density at radius 1 is 0.282 bits per heavy atom. The number of ether oxygens (including phenoxy) is 3.